The highest BCUT2D eigenvalue weighted by Crippen LogP contribution is 2.17. The molecule has 0 spiro atoms. The van der Waals surface area contributed by atoms with Crippen molar-refractivity contribution in [2.75, 3.05) is 47.3 Å². The number of hydrogen-bond acceptors (Lipinski definition) is 3. The fourth-order valence-corrected chi connectivity index (χ4v) is 2.35. The van der Waals surface area contributed by atoms with Crippen LogP contribution in [0.25, 0.3) is 0 Å². The van der Waals surface area contributed by atoms with E-state index in [1.54, 1.807) is 0 Å². The molecule has 0 bridgehead atoms. The van der Waals surface area contributed by atoms with E-state index in [0.717, 1.165) is 5.92 Å². The van der Waals surface area contributed by atoms with Gasteiger partial charge in [-0.15, -0.1) is 0 Å². The Morgan fingerprint density at radius 2 is 1.93 bits per heavy atom. The Labute approximate surface area is 94.8 Å². The lowest BCUT2D eigenvalue weighted by atomic mass is 9.96. The molecule has 1 rings (SSSR count). The lowest BCUT2D eigenvalue weighted by Crippen LogP contribution is -2.43. The summed E-state index contributed by atoms with van der Waals surface area (Å²) in [5.74, 6) is 0.918. The first-order chi connectivity index (χ1) is 7.11. The van der Waals surface area contributed by atoms with Gasteiger partial charge in [0.25, 0.3) is 0 Å². The molecule has 90 valence electrons. The molecule has 0 aliphatic carbocycles. The minimum absolute atomic E-state index is 0.621. The highest BCUT2D eigenvalue weighted by molar-refractivity contribution is 4.76. The molecule has 0 aromatic carbocycles. The molecule has 0 aromatic heterocycles. The van der Waals surface area contributed by atoms with Crippen LogP contribution in [0.15, 0.2) is 0 Å². The van der Waals surface area contributed by atoms with Crippen LogP contribution in [-0.2, 0) is 0 Å². The Kier molecular flexibility index (Phi) is 5.58. The van der Waals surface area contributed by atoms with Crippen molar-refractivity contribution in [3.63, 3.8) is 0 Å². The van der Waals surface area contributed by atoms with Crippen molar-refractivity contribution in [3.05, 3.63) is 0 Å². The smallest absolute Gasteiger partial charge is 0.0163 e. The van der Waals surface area contributed by atoms with Crippen LogP contribution in [-0.4, -0.2) is 63.2 Å². The van der Waals surface area contributed by atoms with E-state index in [4.69, 9.17) is 0 Å². The SMILES string of the molecule is CNC(C)CN1CCC(CN(C)C)CC1. The van der Waals surface area contributed by atoms with Gasteiger partial charge in [-0.3, -0.25) is 0 Å². The molecule has 1 unspecified atom stereocenters. The highest BCUT2D eigenvalue weighted by Gasteiger charge is 2.20. The summed E-state index contributed by atoms with van der Waals surface area (Å²) in [7, 11) is 6.40. The Bertz CT molecular complexity index is 162. The molecule has 15 heavy (non-hydrogen) atoms. The number of nitrogens with zero attached hydrogens (tertiary/aromatic N) is 2. The van der Waals surface area contributed by atoms with Crippen molar-refractivity contribution in [1.29, 1.82) is 0 Å². The van der Waals surface area contributed by atoms with Gasteiger partial charge in [0.1, 0.15) is 0 Å². The summed E-state index contributed by atoms with van der Waals surface area (Å²) in [4.78, 5) is 4.91. The quantitative estimate of drug-likeness (QED) is 0.731. The Morgan fingerprint density at radius 1 is 1.33 bits per heavy atom. The van der Waals surface area contributed by atoms with E-state index < -0.39 is 0 Å². The van der Waals surface area contributed by atoms with E-state index in [1.807, 2.05) is 7.05 Å². The second-order valence-corrected chi connectivity index (χ2v) is 5.20. The zero-order chi connectivity index (χ0) is 11.3. The number of nitrogens with one attached hydrogen (secondary N) is 1. The number of likely N-dealkylation sites (tertiary alicyclic amines) is 1. The van der Waals surface area contributed by atoms with Crippen LogP contribution < -0.4 is 5.32 Å². The number of likely N-dealkylation sites (N-methyl/N-ethyl adjacent to an activating group) is 1. The normalized spacial score (nSPS) is 22.2. The van der Waals surface area contributed by atoms with Gasteiger partial charge in [-0.1, -0.05) is 0 Å². The van der Waals surface area contributed by atoms with E-state index in [9.17, 15) is 0 Å². The lowest BCUT2D eigenvalue weighted by Gasteiger charge is -2.34. The third-order valence-electron chi connectivity index (χ3n) is 3.36. The van der Waals surface area contributed by atoms with E-state index >= 15 is 0 Å². The van der Waals surface area contributed by atoms with Crippen LogP contribution in [0.1, 0.15) is 19.8 Å². The van der Waals surface area contributed by atoms with Gasteiger partial charge < -0.3 is 15.1 Å². The lowest BCUT2D eigenvalue weighted by molar-refractivity contribution is 0.154. The number of rotatable bonds is 5. The van der Waals surface area contributed by atoms with Gasteiger partial charge in [0, 0.05) is 19.1 Å². The van der Waals surface area contributed by atoms with Gasteiger partial charge in [-0.05, 0) is 59.9 Å². The molecule has 0 aromatic rings. The maximum atomic E-state index is 3.31. The van der Waals surface area contributed by atoms with Crippen LogP contribution in [0.2, 0.25) is 0 Å². The molecule has 1 saturated heterocycles. The van der Waals surface area contributed by atoms with Crippen LogP contribution in [0.5, 0.6) is 0 Å². The van der Waals surface area contributed by atoms with Gasteiger partial charge in [0.05, 0.1) is 0 Å². The average Bonchev–Trinajstić information content (AvgIpc) is 2.20. The van der Waals surface area contributed by atoms with E-state index in [-0.39, 0.29) is 0 Å². The minimum atomic E-state index is 0.621. The van der Waals surface area contributed by atoms with E-state index in [1.165, 1.54) is 39.0 Å². The summed E-state index contributed by atoms with van der Waals surface area (Å²) in [6.07, 6.45) is 2.74. The van der Waals surface area contributed by atoms with Crippen molar-refractivity contribution in [2.24, 2.45) is 5.92 Å². The molecular weight excluding hydrogens is 186 g/mol. The summed E-state index contributed by atoms with van der Waals surface area (Å²) in [5.41, 5.74) is 0. The van der Waals surface area contributed by atoms with Crippen molar-refractivity contribution in [3.8, 4) is 0 Å². The summed E-state index contributed by atoms with van der Waals surface area (Å²) in [6, 6.07) is 0.621. The molecule has 0 radical (unpaired) electrons. The Hall–Kier alpha value is -0.120. The summed E-state index contributed by atoms with van der Waals surface area (Å²) in [6.45, 7) is 7.28. The third-order valence-corrected chi connectivity index (χ3v) is 3.36. The monoisotopic (exact) mass is 213 g/mol. The molecule has 1 aliphatic heterocycles. The predicted molar refractivity (Wildman–Crippen MR) is 66.2 cm³/mol. The van der Waals surface area contributed by atoms with Gasteiger partial charge in [0.15, 0.2) is 0 Å². The fourth-order valence-electron chi connectivity index (χ4n) is 2.35. The van der Waals surface area contributed by atoms with Crippen LogP contribution in [0.3, 0.4) is 0 Å². The molecule has 1 heterocycles. The minimum Gasteiger partial charge on any atom is -0.316 e. The first kappa shape index (κ1) is 12.9. The second kappa shape index (κ2) is 6.46. The van der Waals surface area contributed by atoms with Crippen molar-refractivity contribution >= 4 is 0 Å². The third kappa shape index (κ3) is 4.96. The van der Waals surface area contributed by atoms with Gasteiger partial charge in [-0.2, -0.15) is 0 Å². The maximum Gasteiger partial charge on any atom is 0.0163 e. The maximum absolute atomic E-state index is 3.31. The number of hydrogen-bond donors (Lipinski definition) is 1. The number of piperidine rings is 1. The first-order valence-electron chi connectivity index (χ1n) is 6.16. The zero-order valence-corrected chi connectivity index (χ0v) is 10.8. The first-order valence-corrected chi connectivity index (χ1v) is 6.16. The summed E-state index contributed by atoms with van der Waals surface area (Å²) in [5, 5.41) is 3.31. The van der Waals surface area contributed by atoms with Crippen molar-refractivity contribution in [2.45, 2.75) is 25.8 Å². The van der Waals surface area contributed by atoms with E-state index in [0.29, 0.717) is 6.04 Å². The van der Waals surface area contributed by atoms with E-state index in [2.05, 4.69) is 36.1 Å². The van der Waals surface area contributed by atoms with Gasteiger partial charge in [-0.25, -0.2) is 0 Å². The summed E-state index contributed by atoms with van der Waals surface area (Å²) < 4.78 is 0. The molecule has 1 aliphatic rings. The topological polar surface area (TPSA) is 18.5 Å². The Morgan fingerprint density at radius 3 is 2.40 bits per heavy atom. The molecule has 1 atom stereocenters. The van der Waals surface area contributed by atoms with Crippen LogP contribution in [0.4, 0.5) is 0 Å². The standard InChI is InChI=1S/C12H27N3/c1-11(13-2)9-15-7-5-12(6-8-15)10-14(3)4/h11-13H,5-10H2,1-4H3. The van der Waals surface area contributed by atoms with Crippen LogP contribution in [0, 0.1) is 5.92 Å². The van der Waals surface area contributed by atoms with Crippen molar-refractivity contribution < 1.29 is 0 Å². The van der Waals surface area contributed by atoms with Crippen molar-refractivity contribution in [1.82, 2.24) is 15.1 Å². The molecule has 3 nitrogen and oxygen atoms in total. The molecule has 0 amide bonds. The van der Waals surface area contributed by atoms with Crippen LogP contribution >= 0.6 is 0 Å². The predicted octanol–water partition coefficient (Wildman–Crippen LogP) is 0.868. The summed E-state index contributed by atoms with van der Waals surface area (Å²) >= 11 is 0. The van der Waals surface area contributed by atoms with Gasteiger partial charge in [0.2, 0.25) is 0 Å². The highest BCUT2D eigenvalue weighted by atomic mass is 15.2. The molecule has 1 N–H and O–H groups in total. The largest absolute Gasteiger partial charge is 0.316 e. The average molecular weight is 213 g/mol. The molecule has 0 saturated carbocycles. The molecular formula is C12H27N3. The fraction of sp³-hybridized carbons (Fsp3) is 1.00. The Balaban J connectivity index is 2.18. The van der Waals surface area contributed by atoms with Gasteiger partial charge >= 0.3 is 0 Å². The molecule has 3 heteroatoms. The zero-order valence-electron chi connectivity index (χ0n) is 10.8. The second-order valence-electron chi connectivity index (χ2n) is 5.20. The molecule has 1 fully saturated rings.